The molecule has 4 aliphatic rings. The Kier molecular flexibility index (Phi) is 2.97. The lowest BCUT2D eigenvalue weighted by atomic mass is 9.44. The minimum absolute atomic E-state index is 0.00199. The van der Waals surface area contributed by atoms with E-state index in [2.05, 4.69) is 0 Å². The first-order valence-corrected chi connectivity index (χ1v) is 9.69. The molecule has 0 aliphatic heterocycles. The fourth-order valence-corrected chi connectivity index (χ4v) is 7.04. The summed E-state index contributed by atoms with van der Waals surface area (Å²) >= 11 is 0. The molecule has 0 spiro atoms. The van der Waals surface area contributed by atoms with Crippen LogP contribution >= 0.6 is 0 Å². The van der Waals surface area contributed by atoms with Crippen molar-refractivity contribution < 1.29 is 27.0 Å². The highest BCUT2D eigenvalue weighted by Gasteiger charge is 2.66. The van der Waals surface area contributed by atoms with E-state index < -0.39 is 53.6 Å². The zero-order valence-electron chi connectivity index (χ0n) is 20.2. The summed E-state index contributed by atoms with van der Waals surface area (Å²) < 4.78 is 41.9. The topological polar surface area (TPSA) is 77.8 Å². The highest BCUT2D eigenvalue weighted by molar-refractivity contribution is 5.89. The molecule has 0 heterocycles. The summed E-state index contributed by atoms with van der Waals surface area (Å²) in [7, 11) is 0. The van der Waals surface area contributed by atoms with E-state index in [1.165, 1.54) is 0 Å². The summed E-state index contributed by atoms with van der Waals surface area (Å²) in [4.78, 5) is 12.4. The van der Waals surface area contributed by atoms with Crippen molar-refractivity contribution in [2.24, 2.45) is 34.5 Å². The molecule has 0 saturated heterocycles. The van der Waals surface area contributed by atoms with Crippen LogP contribution in [0.2, 0.25) is 0 Å². The second-order valence-corrected chi connectivity index (χ2v) is 9.30. The van der Waals surface area contributed by atoms with Crippen LogP contribution in [0, 0.1) is 34.5 Å². The van der Waals surface area contributed by atoms with Crippen molar-refractivity contribution in [1.29, 1.82) is 0 Å². The molecule has 4 rings (SSSR count). The third-order valence-electron chi connectivity index (χ3n) is 8.57. The number of aliphatic hydroxyl groups excluding tert-OH is 1. The van der Waals surface area contributed by atoms with Crippen LogP contribution in [-0.4, -0.2) is 39.4 Å². The van der Waals surface area contributed by atoms with Gasteiger partial charge in [-0.25, -0.2) is 0 Å². The second-order valence-electron chi connectivity index (χ2n) is 9.30. The van der Waals surface area contributed by atoms with E-state index in [1.54, 1.807) is 0 Å². The first-order valence-electron chi connectivity index (χ1n) is 12.2. The fraction of sp³-hybridized carbons (Fsp3) is 0.952. The van der Waals surface area contributed by atoms with Gasteiger partial charge in [0.15, 0.2) is 5.78 Å². The Morgan fingerprint density at radius 1 is 1.16 bits per heavy atom. The summed E-state index contributed by atoms with van der Waals surface area (Å²) in [6.07, 6.45) is -4.36. The lowest BCUT2D eigenvalue weighted by Gasteiger charge is -2.61. The van der Waals surface area contributed by atoms with Crippen molar-refractivity contribution in [2.75, 3.05) is 6.61 Å². The number of ketones is 1. The second kappa shape index (κ2) is 5.77. The lowest BCUT2D eigenvalue weighted by molar-refractivity contribution is -0.174. The number of Topliss-reactive ketones (excluding diaryl/α,β-unsaturated/α-hetero) is 1. The Hall–Kier alpha value is -0.450. The van der Waals surface area contributed by atoms with E-state index in [4.69, 9.17) is 6.85 Å². The standard InChI is InChI=1S/C21H34O4/c1-19-8-5-14(23)11-13(19)3-4-15-16(19)6-9-20(2)17(15)7-10-21(20,25)18(24)12-22/h13-17,22-23,25H,3-12H2,1-2H3/t13-,14-,15-,16?,17+,19+,20+,21+/m1/s1/i5D2,11D2,14D. The fourth-order valence-electron chi connectivity index (χ4n) is 7.04. The third-order valence-corrected chi connectivity index (χ3v) is 8.57. The van der Waals surface area contributed by atoms with Crippen LogP contribution in [0.15, 0.2) is 0 Å². The van der Waals surface area contributed by atoms with Gasteiger partial charge in [0.25, 0.3) is 0 Å². The van der Waals surface area contributed by atoms with Gasteiger partial charge in [0.2, 0.25) is 0 Å². The van der Waals surface area contributed by atoms with Gasteiger partial charge in [0.1, 0.15) is 12.2 Å². The summed E-state index contributed by atoms with van der Waals surface area (Å²) in [6.45, 7) is 3.17. The zero-order valence-corrected chi connectivity index (χ0v) is 15.2. The molecule has 3 N–H and O–H groups in total. The Labute approximate surface area is 158 Å². The van der Waals surface area contributed by atoms with Crippen molar-refractivity contribution >= 4 is 5.78 Å². The zero-order chi connectivity index (χ0) is 22.5. The summed E-state index contributed by atoms with van der Waals surface area (Å²) in [5.74, 6) is -0.990. The maximum absolute atomic E-state index is 12.4. The van der Waals surface area contributed by atoms with Gasteiger partial charge in [-0.1, -0.05) is 13.8 Å². The average molecular weight is 356 g/mol. The van der Waals surface area contributed by atoms with E-state index in [0.29, 0.717) is 38.5 Å². The quantitative estimate of drug-likeness (QED) is 0.712. The predicted molar refractivity (Wildman–Crippen MR) is 94.8 cm³/mol. The maximum atomic E-state index is 12.4. The Bertz CT molecular complexity index is 758. The van der Waals surface area contributed by atoms with Crippen molar-refractivity contribution in [3.63, 3.8) is 0 Å². The number of carbonyl (C=O) groups is 1. The van der Waals surface area contributed by atoms with Gasteiger partial charge < -0.3 is 15.3 Å². The molecule has 1 unspecified atom stereocenters. The Balaban J connectivity index is 1.72. The number of hydrogen-bond donors (Lipinski definition) is 3. The van der Waals surface area contributed by atoms with Crippen LogP contribution in [0.4, 0.5) is 0 Å². The molecule has 4 aliphatic carbocycles. The number of carbonyl (C=O) groups excluding carboxylic acids is 1. The average Bonchev–Trinajstić information content (AvgIpc) is 2.91. The molecule has 142 valence electrons. The van der Waals surface area contributed by atoms with Crippen LogP contribution in [0.3, 0.4) is 0 Å². The highest BCUT2D eigenvalue weighted by atomic mass is 16.3. The molecular formula is C21H34O4. The molecule has 0 aromatic carbocycles. The summed E-state index contributed by atoms with van der Waals surface area (Å²) in [6, 6.07) is 0. The predicted octanol–water partition coefficient (Wildman–Crippen LogP) is 2.68. The van der Waals surface area contributed by atoms with Crippen molar-refractivity contribution in [2.45, 2.75) is 83.2 Å². The van der Waals surface area contributed by atoms with Gasteiger partial charge in [0.05, 0.1) is 7.45 Å². The molecule has 4 heteroatoms. The van der Waals surface area contributed by atoms with E-state index in [0.717, 1.165) is 0 Å². The smallest absolute Gasteiger partial charge is 0.190 e. The highest BCUT2D eigenvalue weighted by Crippen LogP contribution is 2.68. The normalized spacial score (nSPS) is 65.1. The van der Waals surface area contributed by atoms with E-state index >= 15 is 0 Å². The first-order chi connectivity index (χ1) is 13.6. The van der Waals surface area contributed by atoms with Crippen LogP contribution < -0.4 is 0 Å². The largest absolute Gasteiger partial charge is 0.393 e. The lowest BCUT2D eigenvalue weighted by Crippen LogP contribution is -2.59. The van der Waals surface area contributed by atoms with E-state index in [-0.39, 0.29) is 24.2 Å². The van der Waals surface area contributed by atoms with E-state index in [9.17, 15) is 20.1 Å². The third kappa shape index (κ3) is 2.26. The van der Waals surface area contributed by atoms with Gasteiger partial charge >= 0.3 is 0 Å². The Morgan fingerprint density at radius 2 is 1.88 bits per heavy atom. The number of fused-ring (bicyclic) bond motifs is 5. The van der Waals surface area contributed by atoms with Gasteiger partial charge in [-0.05, 0) is 86.8 Å². The molecule has 4 nitrogen and oxygen atoms in total. The molecule has 0 aromatic heterocycles. The molecule has 25 heavy (non-hydrogen) atoms. The van der Waals surface area contributed by atoms with Gasteiger partial charge in [-0.2, -0.15) is 0 Å². The molecule has 4 fully saturated rings. The first kappa shape index (κ1) is 12.9. The van der Waals surface area contributed by atoms with Crippen LogP contribution in [-0.2, 0) is 4.79 Å². The minimum Gasteiger partial charge on any atom is -0.393 e. The maximum Gasteiger partial charge on any atom is 0.190 e. The van der Waals surface area contributed by atoms with Gasteiger partial charge in [-0.15, -0.1) is 0 Å². The molecule has 4 saturated carbocycles. The summed E-state index contributed by atoms with van der Waals surface area (Å²) in [5.41, 5.74) is -2.92. The molecule has 0 aromatic rings. The number of hydrogen-bond acceptors (Lipinski definition) is 4. The van der Waals surface area contributed by atoms with Crippen LogP contribution in [0.25, 0.3) is 0 Å². The number of rotatable bonds is 2. The Morgan fingerprint density at radius 3 is 2.60 bits per heavy atom. The molecular weight excluding hydrogens is 316 g/mol. The molecule has 0 bridgehead atoms. The minimum atomic E-state index is -2.80. The molecule has 0 radical (unpaired) electrons. The molecule has 8 atom stereocenters. The molecule has 0 amide bonds. The van der Waals surface area contributed by atoms with Crippen molar-refractivity contribution in [3.8, 4) is 0 Å². The van der Waals surface area contributed by atoms with E-state index in [1.807, 2.05) is 13.8 Å². The van der Waals surface area contributed by atoms with Crippen LogP contribution in [0.5, 0.6) is 0 Å². The van der Waals surface area contributed by atoms with Crippen LogP contribution in [0.1, 0.15) is 78.4 Å². The van der Waals surface area contributed by atoms with Gasteiger partial charge in [0, 0.05) is 10.9 Å². The summed E-state index contributed by atoms with van der Waals surface area (Å²) in [5, 5.41) is 31.2. The SMILES string of the molecule is [2H]C1([2H])C[C@]2(C)C3CC[C@@]4(C)[C@@H](CC[C@]4(O)C(=O)CO)[C@@H]3CC[C@@H]2C([2H])([2H])[C@]1([2H])O. The monoisotopic (exact) mass is 355 g/mol. The number of aliphatic hydroxyl groups is 3. The van der Waals surface area contributed by atoms with Gasteiger partial charge in [-0.3, -0.25) is 4.79 Å². The van der Waals surface area contributed by atoms with Crippen molar-refractivity contribution in [1.82, 2.24) is 0 Å². The van der Waals surface area contributed by atoms with Crippen molar-refractivity contribution in [3.05, 3.63) is 0 Å².